The van der Waals surface area contributed by atoms with Crippen LogP contribution < -0.4 is 5.32 Å². The summed E-state index contributed by atoms with van der Waals surface area (Å²) in [5.74, 6) is -0.816. The minimum atomic E-state index is -0.472. The minimum absolute atomic E-state index is 0.0482. The summed E-state index contributed by atoms with van der Waals surface area (Å²) in [5, 5.41) is 2.99. The van der Waals surface area contributed by atoms with Crippen molar-refractivity contribution in [2.24, 2.45) is 11.8 Å². The molecular formula is C20H26N2O4. The molecule has 26 heavy (non-hydrogen) atoms. The number of hydrogen-bond donors (Lipinski definition) is 1. The quantitative estimate of drug-likeness (QED) is 0.900. The molecule has 0 bridgehead atoms. The van der Waals surface area contributed by atoms with Gasteiger partial charge in [-0.3, -0.25) is 9.59 Å². The summed E-state index contributed by atoms with van der Waals surface area (Å²) in [4.78, 5) is 27.1. The van der Waals surface area contributed by atoms with Gasteiger partial charge in [0.15, 0.2) is 5.79 Å². The lowest BCUT2D eigenvalue weighted by molar-refractivity contribution is -0.187. The Balaban J connectivity index is 1.31. The molecule has 0 aromatic heterocycles. The number of anilines is 1. The molecule has 3 fully saturated rings. The standard InChI is InChI=1S/C20H26N2O4/c1-13-4-3-5-17(14(13)2)21-18(23)15-12-16(15)19(24)22-8-6-20(7-9-22)25-10-11-26-20/h3-5,15-16H,6-12H2,1-2H3,(H,21,23). The molecule has 1 aromatic carbocycles. The first-order valence-electron chi connectivity index (χ1n) is 9.43. The second-order valence-electron chi connectivity index (χ2n) is 7.62. The van der Waals surface area contributed by atoms with Gasteiger partial charge in [-0.05, 0) is 37.5 Å². The molecule has 1 N–H and O–H groups in total. The van der Waals surface area contributed by atoms with E-state index in [1.165, 1.54) is 0 Å². The average Bonchev–Trinajstić information content (AvgIpc) is 3.33. The highest BCUT2D eigenvalue weighted by Crippen LogP contribution is 2.42. The summed E-state index contributed by atoms with van der Waals surface area (Å²) in [6, 6.07) is 5.87. The molecule has 0 radical (unpaired) electrons. The number of aryl methyl sites for hydroxylation is 1. The van der Waals surface area contributed by atoms with Gasteiger partial charge in [0.05, 0.1) is 25.0 Å². The van der Waals surface area contributed by atoms with Crippen LogP contribution in [-0.2, 0) is 19.1 Å². The summed E-state index contributed by atoms with van der Waals surface area (Å²) in [7, 11) is 0. The van der Waals surface area contributed by atoms with Gasteiger partial charge in [0, 0.05) is 31.6 Å². The zero-order chi connectivity index (χ0) is 18.3. The van der Waals surface area contributed by atoms with Crippen LogP contribution in [0.4, 0.5) is 5.69 Å². The molecule has 2 saturated heterocycles. The Morgan fingerprint density at radius 1 is 1.12 bits per heavy atom. The number of hydrogen-bond acceptors (Lipinski definition) is 4. The lowest BCUT2D eigenvalue weighted by Gasteiger charge is -2.37. The number of amides is 2. The van der Waals surface area contributed by atoms with Crippen molar-refractivity contribution in [1.29, 1.82) is 0 Å². The van der Waals surface area contributed by atoms with E-state index in [4.69, 9.17) is 9.47 Å². The van der Waals surface area contributed by atoms with Crippen molar-refractivity contribution in [2.75, 3.05) is 31.6 Å². The van der Waals surface area contributed by atoms with Crippen LogP contribution in [0.25, 0.3) is 0 Å². The third-order valence-corrected chi connectivity index (χ3v) is 5.96. The molecule has 2 amide bonds. The predicted molar refractivity (Wildman–Crippen MR) is 96.6 cm³/mol. The number of likely N-dealkylation sites (tertiary alicyclic amines) is 1. The van der Waals surface area contributed by atoms with Gasteiger partial charge in [-0.1, -0.05) is 12.1 Å². The highest BCUT2D eigenvalue weighted by molar-refractivity contribution is 6.00. The van der Waals surface area contributed by atoms with Gasteiger partial charge in [-0.15, -0.1) is 0 Å². The molecule has 6 heteroatoms. The van der Waals surface area contributed by atoms with E-state index >= 15 is 0 Å². The zero-order valence-electron chi connectivity index (χ0n) is 15.4. The lowest BCUT2D eigenvalue weighted by atomic mass is 10.0. The third-order valence-electron chi connectivity index (χ3n) is 5.96. The number of rotatable bonds is 3. The molecule has 1 saturated carbocycles. The number of benzene rings is 1. The predicted octanol–water partition coefficient (Wildman–Crippen LogP) is 2.24. The molecule has 2 heterocycles. The molecule has 2 aliphatic heterocycles. The van der Waals surface area contributed by atoms with E-state index in [0.717, 1.165) is 16.8 Å². The maximum Gasteiger partial charge on any atom is 0.228 e. The van der Waals surface area contributed by atoms with Gasteiger partial charge in [-0.25, -0.2) is 0 Å². The molecule has 1 spiro atoms. The fourth-order valence-corrected chi connectivity index (χ4v) is 3.96. The molecule has 1 aliphatic carbocycles. The average molecular weight is 358 g/mol. The smallest absolute Gasteiger partial charge is 0.228 e. The van der Waals surface area contributed by atoms with E-state index in [0.29, 0.717) is 45.6 Å². The third kappa shape index (κ3) is 3.23. The maximum atomic E-state index is 12.7. The Hall–Kier alpha value is -1.92. The van der Waals surface area contributed by atoms with Crippen LogP contribution in [0.15, 0.2) is 18.2 Å². The van der Waals surface area contributed by atoms with Gasteiger partial charge < -0.3 is 19.7 Å². The second kappa shape index (κ2) is 6.67. The van der Waals surface area contributed by atoms with Gasteiger partial charge in [0.1, 0.15) is 0 Å². The molecule has 2 atom stereocenters. The van der Waals surface area contributed by atoms with Crippen LogP contribution in [0.2, 0.25) is 0 Å². The largest absolute Gasteiger partial charge is 0.347 e. The lowest BCUT2D eigenvalue weighted by Crippen LogP contribution is -2.48. The first-order chi connectivity index (χ1) is 12.5. The molecule has 2 unspecified atom stereocenters. The van der Waals surface area contributed by atoms with Crippen molar-refractivity contribution in [2.45, 2.75) is 38.9 Å². The van der Waals surface area contributed by atoms with Crippen molar-refractivity contribution in [1.82, 2.24) is 4.90 Å². The van der Waals surface area contributed by atoms with E-state index in [1.54, 1.807) is 0 Å². The van der Waals surface area contributed by atoms with Gasteiger partial charge in [0.2, 0.25) is 11.8 Å². The van der Waals surface area contributed by atoms with Gasteiger partial charge in [0.25, 0.3) is 0 Å². The van der Waals surface area contributed by atoms with E-state index < -0.39 is 5.79 Å². The first kappa shape index (κ1) is 17.5. The minimum Gasteiger partial charge on any atom is -0.347 e. The van der Waals surface area contributed by atoms with Crippen molar-refractivity contribution in [3.63, 3.8) is 0 Å². The molecule has 1 aromatic rings. The molecule has 140 valence electrons. The Morgan fingerprint density at radius 3 is 2.50 bits per heavy atom. The van der Waals surface area contributed by atoms with E-state index in [1.807, 2.05) is 36.9 Å². The Labute approximate surface area is 153 Å². The number of ether oxygens (including phenoxy) is 2. The Kier molecular flexibility index (Phi) is 4.49. The number of nitrogens with one attached hydrogen (secondary N) is 1. The van der Waals surface area contributed by atoms with Crippen LogP contribution in [-0.4, -0.2) is 48.8 Å². The van der Waals surface area contributed by atoms with E-state index in [9.17, 15) is 9.59 Å². The SMILES string of the molecule is Cc1cccc(NC(=O)C2CC2C(=O)N2CCC3(CC2)OCCO3)c1C. The number of carbonyl (C=O) groups is 2. The van der Waals surface area contributed by atoms with Crippen LogP contribution in [0, 0.1) is 25.7 Å². The van der Waals surface area contributed by atoms with E-state index in [2.05, 4.69) is 5.32 Å². The maximum absolute atomic E-state index is 12.7. The van der Waals surface area contributed by atoms with Gasteiger partial charge >= 0.3 is 0 Å². The summed E-state index contributed by atoms with van der Waals surface area (Å²) in [5.41, 5.74) is 3.05. The zero-order valence-corrected chi connectivity index (χ0v) is 15.4. The highest BCUT2D eigenvalue weighted by atomic mass is 16.7. The first-order valence-corrected chi connectivity index (χ1v) is 9.43. The molecular weight excluding hydrogens is 332 g/mol. The van der Waals surface area contributed by atoms with Crippen LogP contribution in [0.1, 0.15) is 30.4 Å². The summed E-state index contributed by atoms with van der Waals surface area (Å²) < 4.78 is 11.4. The normalized spacial score (nSPS) is 26.8. The number of nitrogens with zero attached hydrogens (tertiary/aromatic N) is 1. The summed E-state index contributed by atoms with van der Waals surface area (Å²) in [6.45, 7) is 6.57. The van der Waals surface area contributed by atoms with Crippen molar-refractivity contribution in [3.05, 3.63) is 29.3 Å². The van der Waals surface area contributed by atoms with Crippen LogP contribution >= 0.6 is 0 Å². The highest BCUT2D eigenvalue weighted by Gasteiger charge is 2.51. The fraction of sp³-hybridized carbons (Fsp3) is 0.600. The van der Waals surface area contributed by atoms with Crippen molar-refractivity contribution >= 4 is 17.5 Å². The van der Waals surface area contributed by atoms with Gasteiger partial charge in [-0.2, -0.15) is 0 Å². The second-order valence-corrected chi connectivity index (χ2v) is 7.62. The fourth-order valence-electron chi connectivity index (χ4n) is 3.96. The number of carbonyl (C=O) groups excluding carboxylic acids is 2. The monoisotopic (exact) mass is 358 g/mol. The number of piperidine rings is 1. The summed E-state index contributed by atoms with van der Waals surface area (Å²) in [6.07, 6.45) is 2.07. The Bertz CT molecular complexity index is 717. The van der Waals surface area contributed by atoms with Crippen molar-refractivity contribution in [3.8, 4) is 0 Å². The molecule has 3 aliphatic rings. The van der Waals surface area contributed by atoms with E-state index in [-0.39, 0.29) is 23.7 Å². The summed E-state index contributed by atoms with van der Waals surface area (Å²) >= 11 is 0. The van der Waals surface area contributed by atoms with Crippen molar-refractivity contribution < 1.29 is 19.1 Å². The van der Waals surface area contributed by atoms with Crippen LogP contribution in [0.3, 0.4) is 0 Å². The van der Waals surface area contributed by atoms with Crippen LogP contribution in [0.5, 0.6) is 0 Å². The molecule has 4 rings (SSSR count). The molecule has 6 nitrogen and oxygen atoms in total. The Morgan fingerprint density at radius 2 is 1.81 bits per heavy atom. The topological polar surface area (TPSA) is 67.9 Å².